The van der Waals surface area contributed by atoms with E-state index in [1.165, 1.54) is 0 Å². The summed E-state index contributed by atoms with van der Waals surface area (Å²) < 4.78 is 1.89. The molecule has 4 heteroatoms. The van der Waals surface area contributed by atoms with E-state index in [-0.39, 0.29) is 0 Å². The number of nitrogens with zero attached hydrogens (tertiary/aromatic N) is 2. The summed E-state index contributed by atoms with van der Waals surface area (Å²) in [6.45, 7) is 1.83. The molecule has 0 atom stereocenters. The summed E-state index contributed by atoms with van der Waals surface area (Å²) in [5, 5.41) is 13.2. The first-order chi connectivity index (χ1) is 7.12. The summed E-state index contributed by atoms with van der Waals surface area (Å²) in [6, 6.07) is 3.26. The van der Waals surface area contributed by atoms with E-state index < -0.39 is 11.4 Å². The van der Waals surface area contributed by atoms with Crippen LogP contribution in [0.2, 0.25) is 0 Å². The topological polar surface area (TPSA) is 55.1 Å². The molecule has 2 rings (SSSR count). The van der Waals surface area contributed by atoms with Gasteiger partial charge >= 0.3 is 5.97 Å². The average Bonchev–Trinajstić information content (AvgIpc) is 2.72. The van der Waals surface area contributed by atoms with Gasteiger partial charge in [0.1, 0.15) is 0 Å². The maximum atomic E-state index is 11.0. The van der Waals surface area contributed by atoms with Crippen LogP contribution >= 0.6 is 0 Å². The van der Waals surface area contributed by atoms with Crippen molar-refractivity contribution >= 4 is 5.97 Å². The second kappa shape index (κ2) is 3.68. The molecular weight excluding hydrogens is 192 g/mol. The molecular formula is C11H15N2O2. The van der Waals surface area contributed by atoms with Crippen LogP contribution < -0.4 is 0 Å². The van der Waals surface area contributed by atoms with Crippen LogP contribution in [0, 0.1) is 11.5 Å². The van der Waals surface area contributed by atoms with E-state index in [1.807, 2.05) is 17.8 Å². The number of hydrogen-bond donors (Lipinski definition) is 1. The molecule has 81 valence electrons. The lowest BCUT2D eigenvalue weighted by Gasteiger charge is -2.33. The number of rotatable bonds is 2. The van der Waals surface area contributed by atoms with Crippen molar-refractivity contribution in [1.82, 2.24) is 9.78 Å². The second-order valence-electron chi connectivity index (χ2n) is 4.52. The van der Waals surface area contributed by atoms with Crippen LogP contribution in [-0.4, -0.2) is 20.9 Å². The number of hydrogen-bond acceptors (Lipinski definition) is 2. The second-order valence-corrected chi connectivity index (χ2v) is 4.52. The molecule has 0 unspecified atom stereocenters. The lowest BCUT2D eigenvalue weighted by atomic mass is 9.74. The van der Waals surface area contributed by atoms with Crippen molar-refractivity contribution in [3.63, 3.8) is 0 Å². The third-order valence-electron chi connectivity index (χ3n) is 3.42. The van der Waals surface area contributed by atoms with Gasteiger partial charge in [0.05, 0.1) is 17.7 Å². The molecule has 4 nitrogen and oxygen atoms in total. The molecule has 0 aliphatic heterocycles. The summed E-state index contributed by atoms with van der Waals surface area (Å²) in [5.41, 5.74) is -0.534. The lowest BCUT2D eigenvalue weighted by molar-refractivity contribution is -0.150. The van der Waals surface area contributed by atoms with Crippen molar-refractivity contribution in [2.75, 3.05) is 0 Å². The highest BCUT2D eigenvalue weighted by atomic mass is 16.4. The van der Waals surface area contributed by atoms with Crippen LogP contribution in [0.1, 0.15) is 38.6 Å². The quantitative estimate of drug-likeness (QED) is 0.805. The van der Waals surface area contributed by atoms with E-state index in [9.17, 15) is 4.79 Å². The third-order valence-corrected chi connectivity index (χ3v) is 3.42. The van der Waals surface area contributed by atoms with Crippen LogP contribution in [0.25, 0.3) is 0 Å². The van der Waals surface area contributed by atoms with Gasteiger partial charge in [-0.3, -0.25) is 9.48 Å². The van der Waals surface area contributed by atoms with Crippen LogP contribution in [-0.2, 0) is 4.79 Å². The summed E-state index contributed by atoms with van der Waals surface area (Å²) in [6.07, 6.45) is 6.70. The molecule has 1 fully saturated rings. The third kappa shape index (κ3) is 1.89. The molecule has 0 aromatic carbocycles. The average molecular weight is 207 g/mol. The molecule has 0 bridgehead atoms. The Morgan fingerprint density at radius 2 is 2.27 bits per heavy atom. The van der Waals surface area contributed by atoms with Crippen molar-refractivity contribution in [3.8, 4) is 0 Å². The van der Waals surface area contributed by atoms with E-state index in [0.29, 0.717) is 6.04 Å². The van der Waals surface area contributed by atoms with Gasteiger partial charge in [0.25, 0.3) is 0 Å². The summed E-state index contributed by atoms with van der Waals surface area (Å²) in [7, 11) is 0. The first-order valence-electron chi connectivity index (χ1n) is 5.25. The van der Waals surface area contributed by atoms with Crippen molar-refractivity contribution in [2.24, 2.45) is 5.41 Å². The summed E-state index contributed by atoms with van der Waals surface area (Å²) in [5.74, 6) is -0.673. The highest BCUT2D eigenvalue weighted by Crippen LogP contribution is 2.40. The molecule has 1 saturated carbocycles. The van der Waals surface area contributed by atoms with Crippen LogP contribution in [0.4, 0.5) is 0 Å². The molecule has 1 heterocycles. The van der Waals surface area contributed by atoms with Gasteiger partial charge in [-0.05, 0) is 32.6 Å². The number of aromatic nitrogens is 2. The number of carboxylic acids is 1. The summed E-state index contributed by atoms with van der Waals surface area (Å²) in [4.78, 5) is 11.0. The van der Waals surface area contributed by atoms with Gasteiger partial charge < -0.3 is 5.11 Å². The first-order valence-corrected chi connectivity index (χ1v) is 5.25. The molecule has 1 aromatic heterocycles. The van der Waals surface area contributed by atoms with Gasteiger partial charge in [-0.15, -0.1) is 0 Å². The normalized spacial score (nSPS) is 31.4. The highest BCUT2D eigenvalue weighted by Gasteiger charge is 2.37. The minimum atomic E-state index is -0.673. The van der Waals surface area contributed by atoms with E-state index in [2.05, 4.69) is 11.2 Å². The Labute approximate surface area is 88.9 Å². The molecule has 1 radical (unpaired) electrons. The first kappa shape index (κ1) is 10.2. The molecule has 15 heavy (non-hydrogen) atoms. The summed E-state index contributed by atoms with van der Waals surface area (Å²) >= 11 is 0. The molecule has 0 amide bonds. The van der Waals surface area contributed by atoms with Crippen molar-refractivity contribution in [2.45, 2.75) is 38.6 Å². The van der Waals surface area contributed by atoms with Gasteiger partial charge in [0.15, 0.2) is 0 Å². The molecule has 0 spiro atoms. The lowest BCUT2D eigenvalue weighted by Crippen LogP contribution is -2.33. The minimum Gasteiger partial charge on any atom is -0.481 e. The van der Waals surface area contributed by atoms with Gasteiger partial charge in [-0.25, -0.2) is 0 Å². The van der Waals surface area contributed by atoms with Crippen molar-refractivity contribution in [1.29, 1.82) is 0 Å². The van der Waals surface area contributed by atoms with Crippen molar-refractivity contribution < 1.29 is 9.90 Å². The fraction of sp³-hybridized carbons (Fsp3) is 0.636. The Hall–Kier alpha value is -1.32. The van der Waals surface area contributed by atoms with Crippen LogP contribution in [0.3, 0.4) is 0 Å². The standard InChI is InChI=1S/C11H15N2O2/c1-11(10(14)15)5-3-9(4-6-11)13-8-2-7-12-13/h7-9H,3-6H2,1H3,(H,14,15). The fourth-order valence-corrected chi connectivity index (χ4v) is 2.16. The smallest absolute Gasteiger partial charge is 0.309 e. The van der Waals surface area contributed by atoms with Gasteiger partial charge in [-0.2, -0.15) is 5.10 Å². The number of carboxylic acid groups (broad SMARTS) is 1. The fourth-order valence-electron chi connectivity index (χ4n) is 2.16. The maximum Gasteiger partial charge on any atom is 0.309 e. The monoisotopic (exact) mass is 207 g/mol. The van der Waals surface area contributed by atoms with E-state index in [1.54, 1.807) is 6.20 Å². The zero-order valence-corrected chi connectivity index (χ0v) is 8.81. The Morgan fingerprint density at radius 1 is 1.60 bits per heavy atom. The Bertz CT molecular complexity index is 337. The molecule has 1 aliphatic carbocycles. The predicted molar refractivity (Wildman–Crippen MR) is 54.3 cm³/mol. The maximum absolute atomic E-state index is 11.0. The number of carbonyl (C=O) groups is 1. The SMILES string of the molecule is CC1(C(=O)O)CCC(n2c[c]cn2)CC1. The van der Waals surface area contributed by atoms with Crippen LogP contribution in [0.5, 0.6) is 0 Å². The minimum absolute atomic E-state index is 0.351. The van der Waals surface area contributed by atoms with Gasteiger partial charge in [-0.1, -0.05) is 0 Å². The zero-order valence-electron chi connectivity index (χ0n) is 8.81. The van der Waals surface area contributed by atoms with E-state index >= 15 is 0 Å². The van der Waals surface area contributed by atoms with Gasteiger partial charge in [0, 0.05) is 12.3 Å². The van der Waals surface area contributed by atoms with Crippen LogP contribution in [0.15, 0.2) is 12.4 Å². The van der Waals surface area contributed by atoms with Crippen molar-refractivity contribution in [3.05, 3.63) is 18.5 Å². The Balaban J connectivity index is 2.01. The Morgan fingerprint density at radius 3 is 2.73 bits per heavy atom. The van der Waals surface area contributed by atoms with E-state index in [4.69, 9.17) is 5.11 Å². The largest absolute Gasteiger partial charge is 0.481 e. The molecule has 0 saturated heterocycles. The zero-order chi connectivity index (χ0) is 10.9. The van der Waals surface area contributed by atoms with Gasteiger partial charge in [0.2, 0.25) is 0 Å². The molecule has 1 aliphatic rings. The van der Waals surface area contributed by atoms with E-state index in [0.717, 1.165) is 25.7 Å². The molecule has 1 aromatic rings. The molecule has 1 N–H and O–H groups in total. The Kier molecular flexibility index (Phi) is 2.50. The predicted octanol–water partition coefficient (Wildman–Crippen LogP) is 1.89. The highest BCUT2D eigenvalue weighted by molar-refractivity contribution is 5.74. The number of aliphatic carboxylic acids is 1.